The highest BCUT2D eigenvalue weighted by Crippen LogP contribution is 2.17. The minimum absolute atomic E-state index is 0.120. The van der Waals surface area contributed by atoms with Crippen LogP contribution >= 0.6 is 0 Å². The molecule has 0 fully saturated rings. The summed E-state index contributed by atoms with van der Waals surface area (Å²) in [5, 5.41) is 3.33. The summed E-state index contributed by atoms with van der Waals surface area (Å²) in [6.45, 7) is 16.9. The first kappa shape index (κ1) is 35.0. The van der Waals surface area contributed by atoms with Gasteiger partial charge in [-0.2, -0.15) is 0 Å². The number of hydrogen-bond acceptors (Lipinski definition) is 8. The fourth-order valence-corrected chi connectivity index (χ4v) is 4.30. The zero-order chi connectivity index (χ0) is 31.6. The molecule has 0 aromatic heterocycles. The molecule has 0 saturated carbocycles. The molecular formula is C34H50N2O6. The summed E-state index contributed by atoms with van der Waals surface area (Å²) in [5.74, 6) is -1.24. The van der Waals surface area contributed by atoms with Crippen molar-refractivity contribution < 1.29 is 28.6 Å². The number of carbonyl (C=O) groups is 3. The Kier molecular flexibility index (Phi) is 12.7. The molecule has 42 heavy (non-hydrogen) atoms. The van der Waals surface area contributed by atoms with Crippen molar-refractivity contribution in [3.63, 3.8) is 0 Å². The average molecular weight is 583 g/mol. The van der Waals surface area contributed by atoms with Crippen molar-refractivity contribution in [2.24, 2.45) is 0 Å². The summed E-state index contributed by atoms with van der Waals surface area (Å²) in [6.07, 6.45) is 0.777. The Labute approximate surface area is 252 Å². The molecule has 0 aliphatic carbocycles. The highest BCUT2D eigenvalue weighted by Gasteiger charge is 2.33. The Hall–Kier alpha value is -3.23. The average Bonchev–Trinajstić information content (AvgIpc) is 2.84. The van der Waals surface area contributed by atoms with Crippen molar-refractivity contribution in [1.29, 1.82) is 0 Å². The fourth-order valence-electron chi connectivity index (χ4n) is 4.30. The summed E-state index contributed by atoms with van der Waals surface area (Å²) in [7, 11) is 0. The zero-order valence-corrected chi connectivity index (χ0v) is 26.9. The van der Waals surface area contributed by atoms with Crippen LogP contribution in [0.3, 0.4) is 0 Å². The van der Waals surface area contributed by atoms with E-state index in [4.69, 9.17) is 14.2 Å². The molecule has 0 saturated heterocycles. The molecule has 2 aromatic carbocycles. The third kappa shape index (κ3) is 14.1. The molecule has 0 amide bonds. The molecule has 1 N–H and O–H groups in total. The van der Waals surface area contributed by atoms with E-state index in [1.165, 1.54) is 0 Å². The van der Waals surface area contributed by atoms with Gasteiger partial charge in [-0.1, -0.05) is 60.7 Å². The monoisotopic (exact) mass is 582 g/mol. The second kappa shape index (κ2) is 15.3. The highest BCUT2D eigenvalue weighted by molar-refractivity contribution is 5.79. The molecule has 0 aliphatic rings. The number of carbonyl (C=O) groups excluding carboxylic acids is 3. The van der Waals surface area contributed by atoms with Crippen molar-refractivity contribution in [3.8, 4) is 0 Å². The lowest BCUT2D eigenvalue weighted by Crippen LogP contribution is -2.52. The minimum Gasteiger partial charge on any atom is -0.459 e. The predicted molar refractivity (Wildman–Crippen MR) is 165 cm³/mol. The smallest absolute Gasteiger partial charge is 0.324 e. The van der Waals surface area contributed by atoms with Gasteiger partial charge in [0.05, 0.1) is 6.54 Å². The zero-order valence-electron chi connectivity index (χ0n) is 26.9. The van der Waals surface area contributed by atoms with Gasteiger partial charge in [-0.3, -0.25) is 19.3 Å². The first-order valence-electron chi connectivity index (χ1n) is 14.6. The highest BCUT2D eigenvalue weighted by atomic mass is 16.6. The van der Waals surface area contributed by atoms with Crippen LogP contribution in [0.1, 0.15) is 73.4 Å². The van der Waals surface area contributed by atoms with Crippen LogP contribution in [0.5, 0.6) is 0 Å². The van der Waals surface area contributed by atoms with Crippen molar-refractivity contribution >= 4 is 17.9 Å². The number of benzene rings is 2. The van der Waals surface area contributed by atoms with Gasteiger partial charge in [-0.25, -0.2) is 0 Å². The second-order valence-electron chi connectivity index (χ2n) is 13.5. The Balaban J connectivity index is 2.33. The van der Waals surface area contributed by atoms with E-state index in [9.17, 15) is 14.4 Å². The number of hydrogen-bond donors (Lipinski definition) is 1. The lowest BCUT2D eigenvalue weighted by molar-refractivity contribution is -0.165. The molecular weight excluding hydrogens is 532 g/mol. The molecule has 2 atom stereocenters. The molecule has 8 nitrogen and oxygen atoms in total. The van der Waals surface area contributed by atoms with Gasteiger partial charge in [0, 0.05) is 13.1 Å². The largest absolute Gasteiger partial charge is 0.459 e. The number of nitrogens with zero attached hydrogens (tertiary/aromatic N) is 1. The van der Waals surface area contributed by atoms with Crippen LogP contribution in [0, 0.1) is 0 Å². The fraction of sp³-hybridized carbons (Fsp3) is 0.559. The first-order chi connectivity index (χ1) is 19.4. The third-order valence-corrected chi connectivity index (χ3v) is 5.91. The van der Waals surface area contributed by atoms with Crippen molar-refractivity contribution in [1.82, 2.24) is 10.2 Å². The Morgan fingerprint density at radius 3 is 1.60 bits per heavy atom. The third-order valence-electron chi connectivity index (χ3n) is 5.91. The van der Waals surface area contributed by atoms with Crippen LogP contribution < -0.4 is 5.32 Å². The van der Waals surface area contributed by atoms with Gasteiger partial charge in [0.25, 0.3) is 0 Å². The molecule has 0 spiro atoms. The molecule has 8 heteroatoms. The Morgan fingerprint density at radius 1 is 0.667 bits per heavy atom. The van der Waals surface area contributed by atoms with Crippen LogP contribution in [0.2, 0.25) is 0 Å². The van der Waals surface area contributed by atoms with Crippen molar-refractivity contribution in [3.05, 3.63) is 71.8 Å². The van der Waals surface area contributed by atoms with E-state index in [0.717, 1.165) is 11.1 Å². The summed E-state index contributed by atoms with van der Waals surface area (Å²) in [5.41, 5.74) is -0.111. The van der Waals surface area contributed by atoms with Gasteiger partial charge in [-0.05, 0) is 86.3 Å². The summed E-state index contributed by atoms with van der Waals surface area (Å²) in [6, 6.07) is 18.0. The van der Waals surface area contributed by atoms with Crippen LogP contribution in [-0.4, -0.2) is 71.3 Å². The molecule has 232 valence electrons. The van der Waals surface area contributed by atoms with E-state index in [0.29, 0.717) is 19.4 Å². The molecule has 0 bridgehead atoms. The summed E-state index contributed by atoms with van der Waals surface area (Å²) < 4.78 is 17.1. The predicted octanol–water partition coefficient (Wildman–Crippen LogP) is 5.13. The summed E-state index contributed by atoms with van der Waals surface area (Å²) >= 11 is 0. The van der Waals surface area contributed by atoms with Gasteiger partial charge < -0.3 is 19.5 Å². The standard InChI is InChI=1S/C34H50N2O6/c1-32(2,3)40-29(37)24-36(28(31(39)42-34(7,8)9)23-26-18-14-11-15-19-26)21-20-35-27(30(38)41-33(4,5)6)22-25-16-12-10-13-17-25/h10-19,27-28,35H,20-24H2,1-9H3/t27-,28-/m0/s1. The minimum atomic E-state index is -0.755. The number of ether oxygens (including phenoxy) is 3. The molecule has 0 radical (unpaired) electrons. The van der Waals surface area contributed by atoms with Crippen molar-refractivity contribution in [2.75, 3.05) is 19.6 Å². The van der Waals surface area contributed by atoms with Gasteiger partial charge in [0.2, 0.25) is 0 Å². The van der Waals surface area contributed by atoms with Crippen LogP contribution in [0.4, 0.5) is 0 Å². The maximum absolute atomic E-state index is 13.6. The van der Waals surface area contributed by atoms with Gasteiger partial charge in [-0.15, -0.1) is 0 Å². The van der Waals surface area contributed by atoms with Crippen LogP contribution in [0.25, 0.3) is 0 Å². The molecule has 2 aromatic rings. The SMILES string of the molecule is CC(C)(C)OC(=O)CN(CCN[C@@H](Cc1ccccc1)C(=O)OC(C)(C)C)[C@@H](Cc1ccccc1)C(=O)OC(C)(C)C. The van der Waals surface area contributed by atoms with E-state index in [2.05, 4.69) is 5.32 Å². The Bertz CT molecular complexity index is 1130. The Morgan fingerprint density at radius 2 is 1.12 bits per heavy atom. The van der Waals surface area contributed by atoms with Crippen LogP contribution in [0.15, 0.2) is 60.7 Å². The van der Waals surface area contributed by atoms with Crippen molar-refractivity contribution in [2.45, 2.75) is 104 Å². The van der Waals surface area contributed by atoms with Crippen LogP contribution in [-0.2, 0) is 41.4 Å². The van der Waals surface area contributed by atoms with E-state index >= 15 is 0 Å². The van der Waals surface area contributed by atoms with Gasteiger partial charge in [0.15, 0.2) is 0 Å². The number of esters is 3. The topological polar surface area (TPSA) is 94.2 Å². The first-order valence-corrected chi connectivity index (χ1v) is 14.6. The number of rotatable bonds is 13. The molecule has 0 heterocycles. The molecule has 0 aliphatic heterocycles. The van der Waals surface area contributed by atoms with E-state index in [1.807, 2.05) is 102 Å². The van der Waals surface area contributed by atoms with E-state index < -0.39 is 40.8 Å². The maximum atomic E-state index is 13.6. The lowest BCUT2D eigenvalue weighted by Gasteiger charge is -2.33. The molecule has 0 unspecified atom stereocenters. The quantitative estimate of drug-likeness (QED) is 0.257. The maximum Gasteiger partial charge on any atom is 0.324 e. The van der Waals surface area contributed by atoms with Gasteiger partial charge in [0.1, 0.15) is 28.9 Å². The number of nitrogens with one attached hydrogen (secondary N) is 1. The summed E-state index contributed by atoms with van der Waals surface area (Å²) in [4.78, 5) is 41.5. The normalized spacial score (nSPS) is 13.8. The lowest BCUT2D eigenvalue weighted by atomic mass is 10.0. The van der Waals surface area contributed by atoms with Gasteiger partial charge >= 0.3 is 17.9 Å². The van der Waals surface area contributed by atoms with E-state index in [-0.39, 0.29) is 19.1 Å². The van der Waals surface area contributed by atoms with E-state index in [1.54, 1.807) is 25.7 Å². The second-order valence-corrected chi connectivity index (χ2v) is 13.5. The molecule has 2 rings (SSSR count).